The van der Waals surface area contributed by atoms with Gasteiger partial charge in [-0.3, -0.25) is 24.3 Å². The smallest absolute Gasteiger partial charge is 0.273 e. The molecule has 2 amide bonds. The van der Waals surface area contributed by atoms with Gasteiger partial charge in [0.1, 0.15) is 5.75 Å². The lowest BCUT2D eigenvalue weighted by atomic mass is 10.1. The normalized spacial score (nSPS) is 10.6. The van der Waals surface area contributed by atoms with Gasteiger partial charge in [0.2, 0.25) is 5.91 Å². The Hall–Kier alpha value is -4.71. The third-order valence-corrected chi connectivity index (χ3v) is 6.42. The molecule has 0 aliphatic carbocycles. The van der Waals surface area contributed by atoms with Gasteiger partial charge in [-0.1, -0.05) is 36.0 Å². The average Bonchev–Trinajstić information content (AvgIpc) is 3.34. The number of nitrogens with one attached hydrogen (secondary N) is 2. The van der Waals surface area contributed by atoms with E-state index in [2.05, 4.69) is 20.8 Å². The Morgan fingerprint density at radius 2 is 1.79 bits per heavy atom. The maximum absolute atomic E-state index is 12.7. The topological polar surface area (TPSA) is 141 Å². The van der Waals surface area contributed by atoms with Gasteiger partial charge in [-0.15, -0.1) is 10.2 Å². The summed E-state index contributed by atoms with van der Waals surface area (Å²) < 4.78 is 6.88. The van der Waals surface area contributed by atoms with Crippen LogP contribution >= 0.6 is 11.8 Å². The van der Waals surface area contributed by atoms with Crippen molar-refractivity contribution in [2.24, 2.45) is 0 Å². The number of ether oxygens (including phenoxy) is 1. The van der Waals surface area contributed by atoms with Crippen molar-refractivity contribution >= 4 is 35.0 Å². The molecule has 12 heteroatoms. The first kappa shape index (κ1) is 26.4. The number of methoxy groups -OCH3 is 1. The summed E-state index contributed by atoms with van der Waals surface area (Å²) in [5.41, 5.74) is 1.90. The molecule has 0 saturated heterocycles. The number of nitro groups is 1. The van der Waals surface area contributed by atoms with Crippen LogP contribution in [0.4, 0.5) is 11.4 Å². The number of carbonyl (C=O) groups excluding carboxylic acids is 2. The number of hydrogen-bond donors (Lipinski definition) is 2. The van der Waals surface area contributed by atoms with Crippen molar-refractivity contribution in [1.82, 2.24) is 20.1 Å². The number of nitrogens with zero attached hydrogens (tertiary/aromatic N) is 4. The number of amides is 2. The van der Waals surface area contributed by atoms with Gasteiger partial charge < -0.3 is 15.4 Å². The molecule has 0 fully saturated rings. The van der Waals surface area contributed by atoms with E-state index in [-0.39, 0.29) is 29.5 Å². The van der Waals surface area contributed by atoms with Crippen molar-refractivity contribution in [3.05, 3.63) is 99.9 Å². The fraction of sp³-hybridized carbons (Fsp3) is 0.154. The molecule has 4 rings (SSSR count). The van der Waals surface area contributed by atoms with Crippen LogP contribution in [0.15, 0.2) is 78.0 Å². The second kappa shape index (κ2) is 12.0. The number of hydrogen-bond acceptors (Lipinski definition) is 8. The Morgan fingerprint density at radius 1 is 1.05 bits per heavy atom. The fourth-order valence-electron chi connectivity index (χ4n) is 3.55. The zero-order valence-corrected chi connectivity index (χ0v) is 21.4. The minimum Gasteiger partial charge on any atom is -0.497 e. The molecular weight excluding hydrogens is 508 g/mol. The van der Waals surface area contributed by atoms with E-state index in [1.165, 1.54) is 30.0 Å². The van der Waals surface area contributed by atoms with E-state index in [9.17, 15) is 19.7 Å². The Morgan fingerprint density at radius 3 is 2.47 bits per heavy atom. The van der Waals surface area contributed by atoms with Gasteiger partial charge in [0, 0.05) is 28.6 Å². The van der Waals surface area contributed by atoms with Crippen LogP contribution in [0.1, 0.15) is 21.7 Å². The second-order valence-corrected chi connectivity index (χ2v) is 9.02. The highest BCUT2D eigenvalue weighted by molar-refractivity contribution is 7.99. The minimum atomic E-state index is -0.521. The number of thioether (sulfide) groups is 1. The van der Waals surface area contributed by atoms with Crippen molar-refractivity contribution in [3.63, 3.8) is 0 Å². The van der Waals surface area contributed by atoms with E-state index in [1.807, 2.05) is 30.3 Å². The van der Waals surface area contributed by atoms with E-state index in [0.29, 0.717) is 28.0 Å². The molecule has 0 spiro atoms. The highest BCUT2D eigenvalue weighted by Crippen LogP contribution is 2.23. The Bertz CT molecular complexity index is 1460. The van der Waals surface area contributed by atoms with Crippen LogP contribution < -0.4 is 15.4 Å². The van der Waals surface area contributed by atoms with Crippen molar-refractivity contribution in [2.75, 3.05) is 18.2 Å². The summed E-state index contributed by atoms with van der Waals surface area (Å²) in [6, 6.07) is 20.6. The van der Waals surface area contributed by atoms with Gasteiger partial charge >= 0.3 is 0 Å². The lowest BCUT2D eigenvalue weighted by Crippen LogP contribution is -2.24. The number of rotatable bonds is 10. The average molecular weight is 533 g/mol. The maximum atomic E-state index is 12.7. The summed E-state index contributed by atoms with van der Waals surface area (Å²) in [6.45, 7) is 1.62. The van der Waals surface area contributed by atoms with Crippen LogP contribution in [0.3, 0.4) is 0 Å². The lowest BCUT2D eigenvalue weighted by Gasteiger charge is -2.11. The first-order valence-corrected chi connectivity index (χ1v) is 12.4. The molecule has 38 heavy (non-hydrogen) atoms. The van der Waals surface area contributed by atoms with Crippen LogP contribution in [0.5, 0.6) is 5.75 Å². The third-order valence-electron chi connectivity index (χ3n) is 5.50. The Kier molecular flexibility index (Phi) is 8.34. The van der Waals surface area contributed by atoms with Crippen molar-refractivity contribution in [3.8, 4) is 11.4 Å². The molecular formula is C26H24N6O5S. The van der Waals surface area contributed by atoms with Crippen LogP contribution in [0, 0.1) is 17.0 Å². The molecule has 2 N–H and O–H groups in total. The lowest BCUT2D eigenvalue weighted by molar-refractivity contribution is -0.385. The summed E-state index contributed by atoms with van der Waals surface area (Å²) in [7, 11) is 1.57. The van der Waals surface area contributed by atoms with E-state index < -0.39 is 10.8 Å². The number of anilines is 1. The van der Waals surface area contributed by atoms with E-state index in [0.717, 1.165) is 5.69 Å². The molecule has 194 valence electrons. The van der Waals surface area contributed by atoms with Crippen molar-refractivity contribution in [1.29, 1.82) is 0 Å². The van der Waals surface area contributed by atoms with Crippen LogP contribution in [0.2, 0.25) is 0 Å². The zero-order valence-electron chi connectivity index (χ0n) is 20.6. The molecule has 0 aliphatic rings. The first-order valence-electron chi connectivity index (χ1n) is 11.5. The summed E-state index contributed by atoms with van der Waals surface area (Å²) >= 11 is 1.20. The minimum absolute atomic E-state index is 0.0149. The predicted molar refractivity (Wildman–Crippen MR) is 143 cm³/mol. The Labute approximate surface area is 222 Å². The van der Waals surface area contributed by atoms with Crippen molar-refractivity contribution < 1.29 is 19.2 Å². The van der Waals surface area contributed by atoms with Crippen LogP contribution in [-0.2, 0) is 11.3 Å². The maximum Gasteiger partial charge on any atom is 0.273 e. The van der Waals surface area contributed by atoms with Crippen molar-refractivity contribution in [2.45, 2.75) is 18.6 Å². The van der Waals surface area contributed by atoms with Gasteiger partial charge in [-0.05, 0) is 49.4 Å². The number of para-hydroxylation sites is 1. The first-order chi connectivity index (χ1) is 18.4. The zero-order chi connectivity index (χ0) is 27.1. The molecule has 0 unspecified atom stereocenters. The van der Waals surface area contributed by atoms with E-state index in [1.54, 1.807) is 42.9 Å². The molecule has 4 aromatic rings. The van der Waals surface area contributed by atoms with Gasteiger partial charge in [0.15, 0.2) is 11.0 Å². The van der Waals surface area contributed by atoms with E-state index in [4.69, 9.17) is 4.74 Å². The highest BCUT2D eigenvalue weighted by Gasteiger charge is 2.19. The van der Waals surface area contributed by atoms with Gasteiger partial charge in [0.05, 0.1) is 24.3 Å². The number of carbonyl (C=O) groups is 2. The third kappa shape index (κ3) is 6.34. The summed E-state index contributed by atoms with van der Waals surface area (Å²) in [5, 5.41) is 25.7. The molecule has 0 bridgehead atoms. The second-order valence-electron chi connectivity index (χ2n) is 8.08. The quantitative estimate of drug-likeness (QED) is 0.176. The summed E-state index contributed by atoms with van der Waals surface area (Å²) in [5.74, 6) is 0.497. The molecule has 0 aliphatic heterocycles. The molecule has 3 aromatic carbocycles. The number of aryl methyl sites for hydroxylation is 1. The number of aromatic nitrogens is 3. The monoisotopic (exact) mass is 532 g/mol. The molecule has 0 atom stereocenters. The van der Waals surface area contributed by atoms with Crippen LogP contribution in [0.25, 0.3) is 5.69 Å². The molecule has 0 radical (unpaired) electrons. The highest BCUT2D eigenvalue weighted by atomic mass is 32.2. The SMILES string of the molecule is COc1ccc(NC(=O)CSc2nnc(CNC(=O)c3ccc(C)c([N+](=O)[O-])c3)n2-c2ccccc2)cc1. The van der Waals surface area contributed by atoms with Crippen LogP contribution in [-0.4, -0.2) is 44.4 Å². The van der Waals surface area contributed by atoms with Gasteiger partial charge in [0.25, 0.3) is 11.6 Å². The molecule has 1 heterocycles. The fourth-order valence-corrected chi connectivity index (χ4v) is 4.33. The summed E-state index contributed by atoms with van der Waals surface area (Å²) in [4.78, 5) is 36.0. The van der Waals surface area contributed by atoms with Gasteiger partial charge in [-0.2, -0.15) is 0 Å². The van der Waals surface area contributed by atoms with E-state index >= 15 is 0 Å². The largest absolute Gasteiger partial charge is 0.497 e. The molecule has 1 aromatic heterocycles. The standard InChI is InChI=1S/C26H24N6O5S/c1-17-8-9-18(14-22(17)32(35)36)25(34)27-15-23-29-30-26(31(23)20-6-4-3-5-7-20)38-16-24(33)28-19-10-12-21(37-2)13-11-19/h3-14H,15-16H2,1-2H3,(H,27,34)(H,28,33). The predicted octanol–water partition coefficient (Wildman–Crippen LogP) is 4.15. The molecule has 0 saturated carbocycles. The number of nitro benzene ring substituents is 1. The number of benzene rings is 3. The Balaban J connectivity index is 1.47. The molecule has 11 nitrogen and oxygen atoms in total. The summed E-state index contributed by atoms with van der Waals surface area (Å²) in [6.07, 6.45) is 0. The van der Waals surface area contributed by atoms with Gasteiger partial charge in [-0.25, -0.2) is 0 Å².